The van der Waals surface area contributed by atoms with Crippen LogP contribution in [0, 0.1) is 6.92 Å². The first kappa shape index (κ1) is 17.3. The summed E-state index contributed by atoms with van der Waals surface area (Å²) in [5.74, 6) is 1.46. The predicted molar refractivity (Wildman–Crippen MR) is 98.1 cm³/mol. The van der Waals surface area contributed by atoms with Crippen molar-refractivity contribution in [2.24, 2.45) is 0 Å². The highest BCUT2D eigenvalue weighted by molar-refractivity contribution is 6.04. The van der Waals surface area contributed by atoms with Crippen LogP contribution in [0.15, 0.2) is 60.8 Å². The van der Waals surface area contributed by atoms with E-state index in [9.17, 15) is 9.90 Å². The molecule has 2 N–H and O–H groups in total. The van der Waals surface area contributed by atoms with E-state index in [0.29, 0.717) is 22.7 Å². The highest BCUT2D eigenvalue weighted by Gasteiger charge is 2.14. The zero-order valence-electron chi connectivity index (χ0n) is 14.4. The molecule has 132 valence electrons. The SMILES string of the molecule is COc1ccc(Oc2ccc(NC(=O)c3nccc(C)c3O)cc2)cc1. The minimum Gasteiger partial charge on any atom is -0.505 e. The number of pyridine rings is 1. The summed E-state index contributed by atoms with van der Waals surface area (Å²) in [4.78, 5) is 16.2. The normalized spacial score (nSPS) is 10.2. The molecule has 0 spiro atoms. The summed E-state index contributed by atoms with van der Waals surface area (Å²) in [7, 11) is 1.61. The number of aromatic hydroxyl groups is 1. The number of nitrogens with one attached hydrogen (secondary N) is 1. The highest BCUT2D eigenvalue weighted by Crippen LogP contribution is 2.25. The molecule has 0 saturated carbocycles. The Morgan fingerprint density at radius 3 is 2.15 bits per heavy atom. The molecule has 1 heterocycles. The Balaban J connectivity index is 1.67. The van der Waals surface area contributed by atoms with Crippen molar-refractivity contribution in [1.82, 2.24) is 4.98 Å². The van der Waals surface area contributed by atoms with Gasteiger partial charge in [0.25, 0.3) is 5.91 Å². The van der Waals surface area contributed by atoms with Gasteiger partial charge in [-0.15, -0.1) is 0 Å². The number of aryl methyl sites for hydroxylation is 1. The zero-order chi connectivity index (χ0) is 18.5. The Kier molecular flexibility index (Phi) is 5.03. The van der Waals surface area contributed by atoms with Gasteiger partial charge in [0.15, 0.2) is 5.69 Å². The summed E-state index contributed by atoms with van der Waals surface area (Å²) in [6.07, 6.45) is 1.48. The van der Waals surface area contributed by atoms with Crippen LogP contribution in [-0.2, 0) is 0 Å². The van der Waals surface area contributed by atoms with Crippen molar-refractivity contribution in [1.29, 1.82) is 0 Å². The van der Waals surface area contributed by atoms with E-state index < -0.39 is 5.91 Å². The molecule has 0 aliphatic rings. The summed E-state index contributed by atoms with van der Waals surface area (Å²) >= 11 is 0. The minimum absolute atomic E-state index is 0.0106. The fourth-order valence-corrected chi connectivity index (χ4v) is 2.29. The van der Waals surface area contributed by atoms with Gasteiger partial charge in [-0.1, -0.05) is 0 Å². The second-order valence-corrected chi connectivity index (χ2v) is 5.58. The summed E-state index contributed by atoms with van der Waals surface area (Å²) in [5.41, 5.74) is 1.15. The third-order valence-electron chi connectivity index (χ3n) is 3.75. The molecule has 6 nitrogen and oxygen atoms in total. The maximum atomic E-state index is 12.2. The zero-order valence-corrected chi connectivity index (χ0v) is 14.4. The van der Waals surface area contributed by atoms with Crippen LogP contribution in [0.1, 0.15) is 16.1 Å². The Hall–Kier alpha value is -3.54. The first-order valence-corrected chi connectivity index (χ1v) is 7.94. The standard InChI is InChI=1S/C20H18N2O4/c1-13-11-12-21-18(19(13)23)20(24)22-14-3-5-16(6-4-14)26-17-9-7-15(25-2)8-10-17/h3-12,23H,1-2H3,(H,22,24). The summed E-state index contributed by atoms with van der Waals surface area (Å²) in [6.45, 7) is 1.71. The maximum absolute atomic E-state index is 12.2. The average molecular weight is 350 g/mol. The molecular weight excluding hydrogens is 332 g/mol. The van der Waals surface area contributed by atoms with E-state index >= 15 is 0 Å². The summed E-state index contributed by atoms with van der Waals surface area (Å²) < 4.78 is 10.8. The smallest absolute Gasteiger partial charge is 0.278 e. The van der Waals surface area contributed by atoms with E-state index in [2.05, 4.69) is 10.3 Å². The molecule has 0 bridgehead atoms. The van der Waals surface area contributed by atoms with Gasteiger partial charge in [-0.05, 0) is 67.1 Å². The second-order valence-electron chi connectivity index (χ2n) is 5.58. The largest absolute Gasteiger partial charge is 0.505 e. The van der Waals surface area contributed by atoms with Crippen molar-refractivity contribution in [2.45, 2.75) is 6.92 Å². The van der Waals surface area contributed by atoms with Crippen LogP contribution in [0.3, 0.4) is 0 Å². The fraction of sp³-hybridized carbons (Fsp3) is 0.100. The molecule has 0 aliphatic heterocycles. The lowest BCUT2D eigenvalue weighted by atomic mass is 10.2. The average Bonchev–Trinajstić information content (AvgIpc) is 2.66. The van der Waals surface area contributed by atoms with Crippen molar-refractivity contribution >= 4 is 11.6 Å². The predicted octanol–water partition coefficient (Wildman–Crippen LogP) is 4.15. The number of ether oxygens (including phenoxy) is 2. The molecule has 1 amide bonds. The van der Waals surface area contributed by atoms with Gasteiger partial charge < -0.3 is 19.9 Å². The third kappa shape index (κ3) is 3.92. The van der Waals surface area contributed by atoms with E-state index in [-0.39, 0.29) is 11.4 Å². The molecular formula is C20H18N2O4. The van der Waals surface area contributed by atoms with Crippen LogP contribution < -0.4 is 14.8 Å². The topological polar surface area (TPSA) is 80.7 Å². The number of carbonyl (C=O) groups excluding carboxylic acids is 1. The quantitative estimate of drug-likeness (QED) is 0.722. The van der Waals surface area contributed by atoms with Gasteiger partial charge in [-0.3, -0.25) is 4.79 Å². The lowest BCUT2D eigenvalue weighted by Crippen LogP contribution is -2.14. The monoisotopic (exact) mass is 350 g/mol. The van der Waals surface area contributed by atoms with E-state index in [4.69, 9.17) is 9.47 Å². The number of nitrogens with zero attached hydrogens (tertiary/aromatic N) is 1. The Morgan fingerprint density at radius 1 is 0.962 bits per heavy atom. The van der Waals surface area contributed by atoms with E-state index in [1.165, 1.54) is 6.20 Å². The number of carbonyl (C=O) groups is 1. The molecule has 0 saturated heterocycles. The van der Waals surface area contributed by atoms with Crippen LogP contribution in [0.25, 0.3) is 0 Å². The highest BCUT2D eigenvalue weighted by atomic mass is 16.5. The number of anilines is 1. The fourth-order valence-electron chi connectivity index (χ4n) is 2.29. The number of benzene rings is 2. The number of rotatable bonds is 5. The summed E-state index contributed by atoms with van der Waals surface area (Å²) in [6, 6.07) is 15.8. The Labute approximate surface area is 151 Å². The van der Waals surface area contributed by atoms with Crippen molar-refractivity contribution in [3.8, 4) is 23.0 Å². The van der Waals surface area contributed by atoms with E-state index in [1.54, 1.807) is 56.5 Å². The second kappa shape index (κ2) is 7.57. The van der Waals surface area contributed by atoms with Crippen LogP contribution in [0.5, 0.6) is 23.0 Å². The Morgan fingerprint density at radius 2 is 1.54 bits per heavy atom. The van der Waals surface area contributed by atoms with Gasteiger partial charge in [0.05, 0.1) is 7.11 Å². The van der Waals surface area contributed by atoms with Gasteiger partial charge in [-0.25, -0.2) is 4.98 Å². The molecule has 0 atom stereocenters. The van der Waals surface area contributed by atoms with Crippen molar-refractivity contribution in [2.75, 3.05) is 12.4 Å². The molecule has 3 aromatic rings. The molecule has 0 aliphatic carbocycles. The molecule has 1 aromatic heterocycles. The van der Waals surface area contributed by atoms with E-state index in [0.717, 1.165) is 5.75 Å². The molecule has 2 aromatic carbocycles. The molecule has 0 fully saturated rings. The van der Waals surface area contributed by atoms with E-state index in [1.807, 2.05) is 12.1 Å². The lowest BCUT2D eigenvalue weighted by molar-refractivity contribution is 0.101. The van der Waals surface area contributed by atoms with Crippen LogP contribution >= 0.6 is 0 Å². The maximum Gasteiger partial charge on any atom is 0.278 e. The number of amides is 1. The lowest BCUT2D eigenvalue weighted by Gasteiger charge is -2.09. The first-order valence-electron chi connectivity index (χ1n) is 7.94. The Bertz CT molecular complexity index is 906. The van der Waals surface area contributed by atoms with Crippen molar-refractivity contribution in [3.05, 3.63) is 72.1 Å². The molecule has 26 heavy (non-hydrogen) atoms. The van der Waals surface area contributed by atoms with Crippen LogP contribution in [0.2, 0.25) is 0 Å². The van der Waals surface area contributed by atoms with Crippen LogP contribution in [0.4, 0.5) is 5.69 Å². The molecule has 0 radical (unpaired) electrons. The number of aromatic nitrogens is 1. The van der Waals surface area contributed by atoms with Crippen molar-refractivity contribution < 1.29 is 19.4 Å². The van der Waals surface area contributed by atoms with Crippen LogP contribution in [-0.4, -0.2) is 23.1 Å². The van der Waals surface area contributed by atoms with Gasteiger partial charge in [0, 0.05) is 11.9 Å². The third-order valence-corrected chi connectivity index (χ3v) is 3.75. The van der Waals surface area contributed by atoms with Gasteiger partial charge in [0.1, 0.15) is 23.0 Å². The van der Waals surface area contributed by atoms with Gasteiger partial charge >= 0.3 is 0 Å². The molecule has 3 rings (SSSR count). The number of methoxy groups -OCH3 is 1. The first-order chi connectivity index (χ1) is 12.6. The number of hydrogen-bond donors (Lipinski definition) is 2. The van der Waals surface area contributed by atoms with Crippen molar-refractivity contribution in [3.63, 3.8) is 0 Å². The summed E-state index contributed by atoms with van der Waals surface area (Å²) in [5, 5.41) is 12.6. The molecule has 6 heteroatoms. The van der Waals surface area contributed by atoms with Gasteiger partial charge in [-0.2, -0.15) is 0 Å². The van der Waals surface area contributed by atoms with Gasteiger partial charge in [0.2, 0.25) is 0 Å². The molecule has 0 unspecified atom stereocenters. The number of hydrogen-bond acceptors (Lipinski definition) is 5. The minimum atomic E-state index is -0.477.